The minimum absolute atomic E-state index is 0.0659. The van der Waals surface area contributed by atoms with Gasteiger partial charge in [0.15, 0.2) is 0 Å². The normalized spacial score (nSPS) is 11.1. The zero-order chi connectivity index (χ0) is 9.68. The number of aliphatic hydroxyl groups is 2. The standard InChI is InChI=1S/C8H15N3O2/c1-6-9-2-7(11-6)3-10-8(4-12)5-13/h2,8,10,12-13H,3-5H2,1H3,(H,9,11). The van der Waals surface area contributed by atoms with E-state index in [0.717, 1.165) is 11.5 Å². The molecule has 0 aliphatic rings. The molecule has 13 heavy (non-hydrogen) atoms. The third kappa shape index (κ3) is 3.14. The van der Waals surface area contributed by atoms with Crippen molar-refractivity contribution in [2.45, 2.75) is 19.5 Å². The number of rotatable bonds is 5. The molecule has 0 bridgehead atoms. The molecule has 0 atom stereocenters. The second-order valence-corrected chi connectivity index (χ2v) is 2.94. The van der Waals surface area contributed by atoms with Crippen LogP contribution in [0.3, 0.4) is 0 Å². The third-order valence-corrected chi connectivity index (χ3v) is 1.78. The average molecular weight is 185 g/mol. The molecule has 0 fully saturated rings. The fourth-order valence-corrected chi connectivity index (χ4v) is 1.00. The highest BCUT2D eigenvalue weighted by molar-refractivity contribution is 4.99. The molecule has 1 aromatic heterocycles. The van der Waals surface area contributed by atoms with Gasteiger partial charge in [-0.05, 0) is 6.92 Å². The number of aliphatic hydroxyl groups excluding tert-OH is 2. The molecule has 0 saturated carbocycles. The lowest BCUT2D eigenvalue weighted by atomic mass is 10.3. The first-order chi connectivity index (χ1) is 6.26. The SMILES string of the molecule is Cc1ncc(CNC(CO)CO)[nH]1. The van der Waals surface area contributed by atoms with Crippen molar-refractivity contribution in [1.82, 2.24) is 15.3 Å². The highest BCUT2D eigenvalue weighted by Gasteiger charge is 2.04. The number of nitrogens with zero attached hydrogens (tertiary/aromatic N) is 1. The van der Waals surface area contributed by atoms with Gasteiger partial charge in [-0.25, -0.2) is 4.98 Å². The molecule has 0 unspecified atom stereocenters. The van der Waals surface area contributed by atoms with E-state index < -0.39 is 0 Å². The molecule has 0 aromatic carbocycles. The fourth-order valence-electron chi connectivity index (χ4n) is 1.00. The van der Waals surface area contributed by atoms with E-state index in [2.05, 4.69) is 15.3 Å². The maximum atomic E-state index is 8.76. The zero-order valence-corrected chi connectivity index (χ0v) is 7.62. The van der Waals surface area contributed by atoms with Crippen molar-refractivity contribution in [3.8, 4) is 0 Å². The van der Waals surface area contributed by atoms with Gasteiger partial charge in [-0.2, -0.15) is 0 Å². The van der Waals surface area contributed by atoms with E-state index in [1.807, 2.05) is 6.92 Å². The van der Waals surface area contributed by atoms with Crippen LogP contribution in [0.5, 0.6) is 0 Å². The summed E-state index contributed by atoms with van der Waals surface area (Å²) < 4.78 is 0. The van der Waals surface area contributed by atoms with E-state index in [0.29, 0.717) is 6.54 Å². The first-order valence-electron chi connectivity index (χ1n) is 4.22. The molecule has 0 aliphatic heterocycles. The van der Waals surface area contributed by atoms with Gasteiger partial charge in [0.05, 0.1) is 19.3 Å². The van der Waals surface area contributed by atoms with E-state index in [1.54, 1.807) is 6.20 Å². The van der Waals surface area contributed by atoms with Crippen molar-refractivity contribution < 1.29 is 10.2 Å². The predicted octanol–water partition coefficient (Wildman–Crippen LogP) is -0.839. The predicted molar refractivity (Wildman–Crippen MR) is 48.1 cm³/mol. The van der Waals surface area contributed by atoms with Crippen LogP contribution in [0.25, 0.3) is 0 Å². The second-order valence-electron chi connectivity index (χ2n) is 2.94. The monoisotopic (exact) mass is 185 g/mol. The van der Waals surface area contributed by atoms with E-state index in [1.165, 1.54) is 0 Å². The van der Waals surface area contributed by atoms with Crippen LogP contribution in [-0.2, 0) is 6.54 Å². The number of nitrogens with one attached hydrogen (secondary N) is 2. The van der Waals surface area contributed by atoms with Crippen molar-refractivity contribution >= 4 is 0 Å². The van der Waals surface area contributed by atoms with Crippen molar-refractivity contribution in [3.05, 3.63) is 17.7 Å². The zero-order valence-electron chi connectivity index (χ0n) is 7.62. The summed E-state index contributed by atoms with van der Waals surface area (Å²) in [4.78, 5) is 7.07. The van der Waals surface area contributed by atoms with Crippen LogP contribution in [0.2, 0.25) is 0 Å². The van der Waals surface area contributed by atoms with Crippen LogP contribution in [0, 0.1) is 6.92 Å². The minimum atomic E-state index is -0.261. The summed E-state index contributed by atoms with van der Waals surface area (Å²) >= 11 is 0. The summed E-state index contributed by atoms with van der Waals surface area (Å²) in [6.07, 6.45) is 1.73. The van der Waals surface area contributed by atoms with Gasteiger partial charge in [0.1, 0.15) is 5.82 Å². The molecule has 0 spiro atoms. The smallest absolute Gasteiger partial charge is 0.103 e. The second kappa shape index (κ2) is 4.96. The summed E-state index contributed by atoms with van der Waals surface area (Å²) in [6, 6.07) is -0.261. The number of H-pyrrole nitrogens is 1. The molecule has 1 rings (SSSR count). The summed E-state index contributed by atoms with van der Waals surface area (Å²) in [5.74, 6) is 0.862. The molecule has 0 saturated heterocycles. The van der Waals surface area contributed by atoms with Crippen LogP contribution in [0.1, 0.15) is 11.5 Å². The Morgan fingerprint density at radius 3 is 2.69 bits per heavy atom. The fraction of sp³-hybridized carbons (Fsp3) is 0.625. The molecular weight excluding hydrogens is 170 g/mol. The Bertz CT molecular complexity index is 245. The van der Waals surface area contributed by atoms with Gasteiger partial charge < -0.3 is 20.5 Å². The molecule has 1 heterocycles. The van der Waals surface area contributed by atoms with Crippen LogP contribution >= 0.6 is 0 Å². The van der Waals surface area contributed by atoms with Crippen molar-refractivity contribution in [2.24, 2.45) is 0 Å². The maximum absolute atomic E-state index is 8.76. The lowest BCUT2D eigenvalue weighted by molar-refractivity contribution is 0.170. The van der Waals surface area contributed by atoms with Gasteiger partial charge in [0.2, 0.25) is 0 Å². The number of hydrogen-bond donors (Lipinski definition) is 4. The number of hydrogen-bond acceptors (Lipinski definition) is 4. The maximum Gasteiger partial charge on any atom is 0.103 e. The summed E-state index contributed by atoms with van der Waals surface area (Å²) in [5, 5.41) is 20.5. The van der Waals surface area contributed by atoms with Crippen molar-refractivity contribution in [3.63, 3.8) is 0 Å². The van der Waals surface area contributed by atoms with Gasteiger partial charge in [-0.3, -0.25) is 0 Å². The Kier molecular flexibility index (Phi) is 3.88. The van der Waals surface area contributed by atoms with Gasteiger partial charge >= 0.3 is 0 Å². The molecular formula is C8H15N3O2. The minimum Gasteiger partial charge on any atom is -0.395 e. The topological polar surface area (TPSA) is 81.2 Å². The van der Waals surface area contributed by atoms with Gasteiger partial charge in [-0.1, -0.05) is 0 Å². The molecule has 0 radical (unpaired) electrons. The third-order valence-electron chi connectivity index (χ3n) is 1.78. The average Bonchev–Trinajstić information content (AvgIpc) is 2.53. The van der Waals surface area contributed by atoms with E-state index in [9.17, 15) is 0 Å². The Labute approximate surface area is 76.8 Å². The molecule has 0 aliphatic carbocycles. The van der Waals surface area contributed by atoms with E-state index >= 15 is 0 Å². The van der Waals surface area contributed by atoms with Crippen LogP contribution < -0.4 is 5.32 Å². The number of aryl methyl sites for hydroxylation is 1. The molecule has 4 N–H and O–H groups in total. The summed E-state index contributed by atoms with van der Waals surface area (Å²) in [6.45, 7) is 2.32. The van der Waals surface area contributed by atoms with Gasteiger partial charge in [0.25, 0.3) is 0 Å². The summed E-state index contributed by atoms with van der Waals surface area (Å²) in [7, 11) is 0. The first-order valence-corrected chi connectivity index (χ1v) is 4.22. The molecule has 0 amide bonds. The van der Waals surface area contributed by atoms with Gasteiger partial charge in [0, 0.05) is 18.4 Å². The number of aromatic amines is 1. The number of imidazole rings is 1. The Morgan fingerprint density at radius 1 is 1.54 bits per heavy atom. The van der Waals surface area contributed by atoms with Crippen molar-refractivity contribution in [1.29, 1.82) is 0 Å². The quantitative estimate of drug-likeness (QED) is 0.482. The Morgan fingerprint density at radius 2 is 2.23 bits per heavy atom. The van der Waals surface area contributed by atoms with Crippen molar-refractivity contribution in [2.75, 3.05) is 13.2 Å². The molecule has 74 valence electrons. The van der Waals surface area contributed by atoms with Crippen LogP contribution in [0.4, 0.5) is 0 Å². The van der Waals surface area contributed by atoms with E-state index in [-0.39, 0.29) is 19.3 Å². The lowest BCUT2D eigenvalue weighted by Gasteiger charge is -2.11. The molecule has 5 nitrogen and oxygen atoms in total. The lowest BCUT2D eigenvalue weighted by Crippen LogP contribution is -2.35. The Balaban J connectivity index is 2.33. The van der Waals surface area contributed by atoms with Gasteiger partial charge in [-0.15, -0.1) is 0 Å². The first kappa shape index (κ1) is 10.2. The number of aromatic nitrogens is 2. The highest BCUT2D eigenvalue weighted by Crippen LogP contribution is 1.95. The van der Waals surface area contributed by atoms with Crippen LogP contribution in [0.15, 0.2) is 6.20 Å². The van der Waals surface area contributed by atoms with E-state index in [4.69, 9.17) is 10.2 Å². The van der Waals surface area contributed by atoms with Crippen LogP contribution in [-0.4, -0.2) is 39.4 Å². The molecule has 5 heteroatoms. The molecule has 1 aromatic rings. The summed E-state index contributed by atoms with van der Waals surface area (Å²) in [5.41, 5.74) is 0.949. The Hall–Kier alpha value is -0.910. The largest absolute Gasteiger partial charge is 0.395 e. The highest BCUT2D eigenvalue weighted by atomic mass is 16.3.